The zero-order valence-electron chi connectivity index (χ0n) is 11.5. The third kappa shape index (κ3) is 2.70. The van der Waals surface area contributed by atoms with Gasteiger partial charge in [0.15, 0.2) is 0 Å². The van der Waals surface area contributed by atoms with Crippen molar-refractivity contribution in [2.45, 2.75) is 12.3 Å². The zero-order chi connectivity index (χ0) is 15.7. The summed E-state index contributed by atoms with van der Waals surface area (Å²) in [5.74, 6) is 0. The van der Waals surface area contributed by atoms with Gasteiger partial charge in [-0.05, 0) is 34.0 Å². The first-order chi connectivity index (χ1) is 10.5. The van der Waals surface area contributed by atoms with Crippen LogP contribution in [-0.2, 0) is 6.18 Å². The maximum absolute atomic E-state index is 12.6. The van der Waals surface area contributed by atoms with E-state index in [2.05, 4.69) is 0 Å². The van der Waals surface area contributed by atoms with Crippen LogP contribution in [0.4, 0.5) is 13.2 Å². The van der Waals surface area contributed by atoms with Gasteiger partial charge in [-0.15, -0.1) is 0 Å². The fourth-order valence-electron chi connectivity index (χ4n) is 2.52. The van der Waals surface area contributed by atoms with Crippen molar-refractivity contribution in [3.8, 4) is 0 Å². The smallest absolute Gasteiger partial charge is 0.384 e. The Kier molecular flexibility index (Phi) is 3.62. The highest BCUT2D eigenvalue weighted by Gasteiger charge is 2.30. The van der Waals surface area contributed by atoms with E-state index in [9.17, 15) is 18.3 Å². The predicted molar refractivity (Wildman–Crippen MR) is 79.5 cm³/mol. The first-order valence-electron chi connectivity index (χ1n) is 6.80. The number of hydrogen-bond acceptors (Lipinski definition) is 1. The molecule has 22 heavy (non-hydrogen) atoms. The van der Waals surface area contributed by atoms with Crippen LogP contribution in [0.1, 0.15) is 22.8 Å². The average Bonchev–Trinajstić information content (AvgIpc) is 2.53. The van der Waals surface area contributed by atoms with Gasteiger partial charge in [0.05, 0.1) is 5.56 Å². The Bertz CT molecular complexity index is 786. The number of hydrogen-bond donors (Lipinski definition) is 1. The van der Waals surface area contributed by atoms with Crippen LogP contribution < -0.4 is 0 Å². The molecule has 0 aliphatic heterocycles. The average molecular weight is 302 g/mol. The summed E-state index contributed by atoms with van der Waals surface area (Å²) >= 11 is 0. The lowest BCUT2D eigenvalue weighted by Gasteiger charge is -2.15. The van der Waals surface area contributed by atoms with Crippen molar-refractivity contribution >= 4 is 10.8 Å². The second-order valence-corrected chi connectivity index (χ2v) is 5.09. The molecule has 0 spiro atoms. The molecule has 0 radical (unpaired) electrons. The number of alkyl halides is 3. The minimum atomic E-state index is -4.37. The maximum Gasteiger partial charge on any atom is 0.416 e. The molecule has 0 aromatic heterocycles. The van der Waals surface area contributed by atoms with Crippen molar-refractivity contribution in [1.82, 2.24) is 0 Å². The fourth-order valence-corrected chi connectivity index (χ4v) is 2.52. The quantitative estimate of drug-likeness (QED) is 0.711. The topological polar surface area (TPSA) is 20.2 Å². The molecule has 0 aliphatic rings. The Hall–Kier alpha value is -2.33. The van der Waals surface area contributed by atoms with Gasteiger partial charge in [-0.3, -0.25) is 0 Å². The van der Waals surface area contributed by atoms with Crippen molar-refractivity contribution in [2.75, 3.05) is 0 Å². The van der Waals surface area contributed by atoms with Crippen molar-refractivity contribution in [1.29, 1.82) is 0 Å². The van der Waals surface area contributed by atoms with Crippen LogP contribution in [0, 0.1) is 0 Å². The van der Waals surface area contributed by atoms with Gasteiger partial charge in [0, 0.05) is 0 Å². The third-order valence-corrected chi connectivity index (χ3v) is 3.67. The summed E-state index contributed by atoms with van der Waals surface area (Å²) in [5.41, 5.74) is 0.392. The number of rotatable bonds is 2. The van der Waals surface area contributed by atoms with Crippen molar-refractivity contribution < 1.29 is 18.3 Å². The molecule has 0 bridgehead atoms. The van der Waals surface area contributed by atoms with Gasteiger partial charge in [0.1, 0.15) is 6.10 Å². The molecular weight excluding hydrogens is 289 g/mol. The van der Waals surface area contributed by atoms with E-state index in [-0.39, 0.29) is 0 Å². The number of benzene rings is 3. The summed E-state index contributed by atoms with van der Waals surface area (Å²) < 4.78 is 37.8. The first kappa shape index (κ1) is 14.6. The molecular formula is C18H13F3O. The maximum atomic E-state index is 12.6. The summed E-state index contributed by atoms with van der Waals surface area (Å²) in [6.07, 6.45) is -5.34. The van der Waals surface area contributed by atoms with Crippen molar-refractivity contribution in [3.05, 3.63) is 83.4 Å². The van der Waals surface area contributed by atoms with E-state index >= 15 is 0 Å². The van der Waals surface area contributed by atoms with Crippen LogP contribution in [0.5, 0.6) is 0 Å². The lowest BCUT2D eigenvalue weighted by Crippen LogP contribution is -2.06. The number of fused-ring (bicyclic) bond motifs is 1. The second kappa shape index (κ2) is 5.46. The summed E-state index contributed by atoms with van der Waals surface area (Å²) in [7, 11) is 0. The van der Waals surface area contributed by atoms with Crippen LogP contribution in [0.3, 0.4) is 0 Å². The number of aliphatic hydroxyl groups excluding tert-OH is 1. The van der Waals surface area contributed by atoms with E-state index in [1.165, 1.54) is 12.1 Å². The predicted octanol–water partition coefficient (Wildman–Crippen LogP) is 4.94. The molecule has 0 unspecified atom stereocenters. The lowest BCUT2D eigenvalue weighted by atomic mass is 9.95. The molecule has 112 valence electrons. The Morgan fingerprint density at radius 1 is 0.773 bits per heavy atom. The largest absolute Gasteiger partial charge is 0.416 e. The van der Waals surface area contributed by atoms with Gasteiger partial charge >= 0.3 is 6.18 Å². The Morgan fingerprint density at radius 2 is 1.41 bits per heavy atom. The monoisotopic (exact) mass is 302 g/mol. The van der Waals surface area contributed by atoms with E-state index in [1.807, 2.05) is 36.4 Å². The van der Waals surface area contributed by atoms with Gasteiger partial charge in [0.25, 0.3) is 0 Å². The van der Waals surface area contributed by atoms with Gasteiger partial charge in [-0.2, -0.15) is 13.2 Å². The summed E-state index contributed by atoms with van der Waals surface area (Å²) in [5, 5.41) is 12.4. The zero-order valence-corrected chi connectivity index (χ0v) is 11.5. The summed E-state index contributed by atoms with van der Waals surface area (Å²) in [6.45, 7) is 0. The van der Waals surface area contributed by atoms with Gasteiger partial charge in [-0.25, -0.2) is 0 Å². The van der Waals surface area contributed by atoms with E-state index in [0.29, 0.717) is 11.1 Å². The van der Waals surface area contributed by atoms with E-state index in [0.717, 1.165) is 22.9 Å². The SMILES string of the molecule is O[C@H](c1ccc(C(F)(F)F)cc1)c1cccc2ccccc12. The van der Waals surface area contributed by atoms with Crippen molar-refractivity contribution in [2.24, 2.45) is 0 Å². The lowest BCUT2D eigenvalue weighted by molar-refractivity contribution is -0.137. The standard InChI is InChI=1S/C18H13F3O/c19-18(20,21)14-10-8-13(9-11-14)17(22)16-7-3-5-12-4-1-2-6-15(12)16/h1-11,17,22H/t17-/m1/s1. The van der Waals surface area contributed by atoms with Gasteiger partial charge < -0.3 is 5.11 Å². The minimum absolute atomic E-state index is 0.435. The number of halogens is 3. The molecule has 3 rings (SSSR count). The van der Waals surface area contributed by atoms with Crippen LogP contribution in [0.15, 0.2) is 66.7 Å². The molecule has 0 saturated carbocycles. The normalized spacial score (nSPS) is 13.3. The summed E-state index contributed by atoms with van der Waals surface area (Å²) in [6, 6.07) is 17.7. The summed E-state index contributed by atoms with van der Waals surface area (Å²) in [4.78, 5) is 0. The first-order valence-corrected chi connectivity index (χ1v) is 6.80. The minimum Gasteiger partial charge on any atom is -0.384 e. The Balaban J connectivity index is 2.01. The molecule has 0 heterocycles. The molecule has 3 aromatic carbocycles. The third-order valence-electron chi connectivity index (χ3n) is 3.67. The molecule has 0 aliphatic carbocycles. The highest BCUT2D eigenvalue weighted by Crippen LogP contribution is 2.32. The Morgan fingerprint density at radius 3 is 2.09 bits per heavy atom. The van der Waals surface area contributed by atoms with Crippen LogP contribution >= 0.6 is 0 Å². The van der Waals surface area contributed by atoms with Crippen LogP contribution in [0.25, 0.3) is 10.8 Å². The molecule has 3 aromatic rings. The second-order valence-electron chi connectivity index (χ2n) is 5.09. The van der Waals surface area contributed by atoms with Gasteiger partial charge in [0.2, 0.25) is 0 Å². The molecule has 0 amide bonds. The highest BCUT2D eigenvalue weighted by molar-refractivity contribution is 5.86. The number of aliphatic hydroxyl groups is 1. The van der Waals surface area contributed by atoms with Crippen LogP contribution in [-0.4, -0.2) is 5.11 Å². The molecule has 1 nitrogen and oxygen atoms in total. The molecule has 1 atom stereocenters. The molecule has 4 heteroatoms. The van der Waals surface area contributed by atoms with Crippen LogP contribution in [0.2, 0.25) is 0 Å². The van der Waals surface area contributed by atoms with E-state index in [1.54, 1.807) is 6.07 Å². The van der Waals surface area contributed by atoms with Gasteiger partial charge in [-0.1, -0.05) is 54.6 Å². The van der Waals surface area contributed by atoms with E-state index in [4.69, 9.17) is 0 Å². The fraction of sp³-hybridized carbons (Fsp3) is 0.111. The highest BCUT2D eigenvalue weighted by atomic mass is 19.4. The molecule has 1 N–H and O–H groups in total. The Labute approximate surface area is 125 Å². The van der Waals surface area contributed by atoms with Crippen molar-refractivity contribution in [3.63, 3.8) is 0 Å². The molecule has 0 saturated heterocycles. The molecule has 0 fully saturated rings. The van der Waals surface area contributed by atoms with E-state index < -0.39 is 17.8 Å².